The number of aromatic nitrogens is 1. The number of hydrogen-bond acceptors (Lipinski definition) is 3. The fourth-order valence-electron chi connectivity index (χ4n) is 2.63. The number of nitrogens with zero attached hydrogens (tertiary/aromatic N) is 1. The van der Waals surface area contributed by atoms with Crippen molar-refractivity contribution >= 4 is 5.91 Å². The van der Waals surface area contributed by atoms with Crippen LogP contribution in [0.25, 0.3) is 0 Å². The summed E-state index contributed by atoms with van der Waals surface area (Å²) >= 11 is 0. The predicted octanol–water partition coefficient (Wildman–Crippen LogP) is 3.37. The predicted molar refractivity (Wildman–Crippen MR) is 92.4 cm³/mol. The third-order valence-electron chi connectivity index (χ3n) is 3.82. The molecule has 2 aromatic carbocycles. The standard InChI is InChI=1S/C20H17FN2O2/c21-17-6-4-15(5-7-17)20(16-8-10-22-11-9-16)23-19(25)13-14-2-1-3-18(24)12-14/h1-12,20,24H,13H2,(H,23,25)/t20-/m1/s1. The van der Waals surface area contributed by atoms with Gasteiger partial charge in [-0.3, -0.25) is 9.78 Å². The van der Waals surface area contributed by atoms with Crippen molar-refractivity contribution in [2.75, 3.05) is 0 Å². The van der Waals surface area contributed by atoms with Crippen LogP contribution in [-0.2, 0) is 11.2 Å². The molecule has 0 unspecified atom stereocenters. The molecule has 5 heteroatoms. The molecule has 1 amide bonds. The van der Waals surface area contributed by atoms with Gasteiger partial charge in [0.1, 0.15) is 11.6 Å². The Labute approximate surface area is 145 Å². The number of halogens is 1. The van der Waals surface area contributed by atoms with E-state index in [0.29, 0.717) is 5.56 Å². The summed E-state index contributed by atoms with van der Waals surface area (Å²) in [6.45, 7) is 0. The molecule has 0 aliphatic carbocycles. The molecule has 4 nitrogen and oxygen atoms in total. The number of aromatic hydroxyl groups is 1. The van der Waals surface area contributed by atoms with Gasteiger partial charge >= 0.3 is 0 Å². The van der Waals surface area contributed by atoms with Crippen molar-refractivity contribution in [2.45, 2.75) is 12.5 Å². The van der Waals surface area contributed by atoms with Crippen molar-refractivity contribution in [3.05, 3.63) is 95.6 Å². The fourth-order valence-corrected chi connectivity index (χ4v) is 2.63. The van der Waals surface area contributed by atoms with Crippen molar-refractivity contribution in [2.24, 2.45) is 0 Å². The summed E-state index contributed by atoms with van der Waals surface area (Å²) in [5.41, 5.74) is 2.34. The van der Waals surface area contributed by atoms with E-state index < -0.39 is 6.04 Å². The maximum atomic E-state index is 13.2. The summed E-state index contributed by atoms with van der Waals surface area (Å²) in [5, 5.41) is 12.5. The van der Waals surface area contributed by atoms with Crippen LogP contribution in [0.15, 0.2) is 73.1 Å². The number of phenols is 1. The topological polar surface area (TPSA) is 62.2 Å². The van der Waals surface area contributed by atoms with Gasteiger partial charge in [0.15, 0.2) is 0 Å². The lowest BCUT2D eigenvalue weighted by Gasteiger charge is -2.20. The molecule has 1 atom stereocenters. The van der Waals surface area contributed by atoms with E-state index in [1.54, 1.807) is 48.8 Å². The highest BCUT2D eigenvalue weighted by Gasteiger charge is 2.17. The van der Waals surface area contributed by atoms with Crippen LogP contribution < -0.4 is 5.32 Å². The molecule has 3 aromatic rings. The van der Waals surface area contributed by atoms with Gasteiger partial charge in [0.25, 0.3) is 0 Å². The normalized spacial score (nSPS) is 11.7. The van der Waals surface area contributed by atoms with Gasteiger partial charge in [-0.2, -0.15) is 0 Å². The van der Waals surface area contributed by atoms with E-state index in [2.05, 4.69) is 10.3 Å². The first-order valence-electron chi connectivity index (χ1n) is 7.84. The van der Waals surface area contributed by atoms with E-state index in [9.17, 15) is 14.3 Å². The van der Waals surface area contributed by atoms with Crippen LogP contribution in [0.5, 0.6) is 5.75 Å². The van der Waals surface area contributed by atoms with E-state index in [-0.39, 0.29) is 23.9 Å². The zero-order valence-corrected chi connectivity index (χ0v) is 13.4. The molecule has 0 spiro atoms. The summed E-state index contributed by atoms with van der Waals surface area (Å²) in [6, 6.07) is 15.8. The Balaban J connectivity index is 1.82. The molecule has 1 heterocycles. The highest BCUT2D eigenvalue weighted by atomic mass is 19.1. The first kappa shape index (κ1) is 16.6. The molecule has 2 N–H and O–H groups in total. The molecule has 3 rings (SSSR count). The molecule has 0 fully saturated rings. The minimum Gasteiger partial charge on any atom is -0.508 e. The Morgan fingerprint density at radius 1 is 1.04 bits per heavy atom. The molecular weight excluding hydrogens is 319 g/mol. The molecule has 0 bridgehead atoms. The Hall–Kier alpha value is -3.21. The quantitative estimate of drug-likeness (QED) is 0.751. The summed E-state index contributed by atoms with van der Waals surface area (Å²) in [7, 11) is 0. The second-order valence-electron chi connectivity index (χ2n) is 5.68. The lowest BCUT2D eigenvalue weighted by molar-refractivity contribution is -0.120. The van der Waals surface area contributed by atoms with Gasteiger partial charge in [-0.25, -0.2) is 4.39 Å². The first-order chi connectivity index (χ1) is 12.1. The Morgan fingerprint density at radius 2 is 1.72 bits per heavy atom. The average Bonchev–Trinajstić information content (AvgIpc) is 2.61. The van der Waals surface area contributed by atoms with Crippen molar-refractivity contribution in [3.8, 4) is 5.75 Å². The molecule has 0 aliphatic rings. The van der Waals surface area contributed by atoms with Crippen LogP contribution in [0.1, 0.15) is 22.7 Å². The fraction of sp³-hybridized carbons (Fsp3) is 0.100. The third kappa shape index (κ3) is 4.41. The van der Waals surface area contributed by atoms with Crippen LogP contribution in [0.4, 0.5) is 4.39 Å². The van der Waals surface area contributed by atoms with Gasteiger partial charge in [-0.1, -0.05) is 24.3 Å². The number of pyridine rings is 1. The molecule has 0 saturated carbocycles. The van der Waals surface area contributed by atoms with Gasteiger partial charge < -0.3 is 10.4 Å². The second kappa shape index (κ2) is 7.57. The average molecular weight is 336 g/mol. The number of phenolic OH excluding ortho intramolecular Hbond substituents is 1. The van der Waals surface area contributed by atoms with Crippen LogP contribution >= 0.6 is 0 Å². The van der Waals surface area contributed by atoms with Gasteiger partial charge in [-0.05, 0) is 53.1 Å². The molecular formula is C20H17FN2O2. The zero-order valence-electron chi connectivity index (χ0n) is 13.4. The maximum absolute atomic E-state index is 13.2. The molecule has 126 valence electrons. The SMILES string of the molecule is O=C(Cc1cccc(O)c1)N[C@@H](c1ccncc1)c1ccc(F)cc1. The third-order valence-corrected chi connectivity index (χ3v) is 3.82. The summed E-state index contributed by atoms with van der Waals surface area (Å²) < 4.78 is 13.2. The Bertz CT molecular complexity index is 851. The number of nitrogens with one attached hydrogen (secondary N) is 1. The number of hydrogen-bond donors (Lipinski definition) is 2. The monoisotopic (exact) mass is 336 g/mol. The summed E-state index contributed by atoms with van der Waals surface area (Å²) in [6.07, 6.45) is 3.43. The highest BCUT2D eigenvalue weighted by molar-refractivity contribution is 5.79. The number of carbonyl (C=O) groups excluding carboxylic acids is 1. The Morgan fingerprint density at radius 3 is 2.40 bits per heavy atom. The lowest BCUT2D eigenvalue weighted by Crippen LogP contribution is -2.30. The smallest absolute Gasteiger partial charge is 0.225 e. The van der Waals surface area contributed by atoms with E-state index in [1.165, 1.54) is 12.1 Å². The molecule has 0 saturated heterocycles. The number of amides is 1. The first-order valence-corrected chi connectivity index (χ1v) is 7.84. The number of carbonyl (C=O) groups is 1. The molecule has 0 radical (unpaired) electrons. The van der Waals surface area contributed by atoms with Gasteiger partial charge in [0.2, 0.25) is 5.91 Å². The van der Waals surface area contributed by atoms with E-state index in [1.807, 2.05) is 12.1 Å². The van der Waals surface area contributed by atoms with Crippen LogP contribution in [0.2, 0.25) is 0 Å². The van der Waals surface area contributed by atoms with E-state index in [0.717, 1.165) is 11.1 Å². The summed E-state index contributed by atoms with van der Waals surface area (Å²) in [4.78, 5) is 16.5. The maximum Gasteiger partial charge on any atom is 0.225 e. The van der Waals surface area contributed by atoms with Crippen molar-refractivity contribution in [3.63, 3.8) is 0 Å². The van der Waals surface area contributed by atoms with Crippen molar-refractivity contribution in [1.29, 1.82) is 0 Å². The Kier molecular flexibility index (Phi) is 5.04. The highest BCUT2D eigenvalue weighted by Crippen LogP contribution is 2.22. The molecule has 25 heavy (non-hydrogen) atoms. The van der Waals surface area contributed by atoms with Crippen LogP contribution in [-0.4, -0.2) is 16.0 Å². The second-order valence-corrected chi connectivity index (χ2v) is 5.68. The van der Waals surface area contributed by atoms with E-state index in [4.69, 9.17) is 0 Å². The number of rotatable bonds is 5. The minimum atomic E-state index is -0.409. The summed E-state index contributed by atoms with van der Waals surface area (Å²) in [5.74, 6) is -0.408. The largest absolute Gasteiger partial charge is 0.508 e. The zero-order chi connectivity index (χ0) is 17.6. The molecule has 0 aliphatic heterocycles. The number of benzene rings is 2. The molecule has 1 aromatic heterocycles. The van der Waals surface area contributed by atoms with Gasteiger partial charge in [0, 0.05) is 12.4 Å². The van der Waals surface area contributed by atoms with Gasteiger partial charge in [0.05, 0.1) is 12.5 Å². The van der Waals surface area contributed by atoms with E-state index >= 15 is 0 Å². The minimum absolute atomic E-state index is 0.120. The van der Waals surface area contributed by atoms with Crippen LogP contribution in [0, 0.1) is 5.82 Å². The lowest BCUT2D eigenvalue weighted by atomic mass is 9.99. The van der Waals surface area contributed by atoms with Crippen molar-refractivity contribution in [1.82, 2.24) is 10.3 Å². The van der Waals surface area contributed by atoms with Gasteiger partial charge in [-0.15, -0.1) is 0 Å². The van der Waals surface area contributed by atoms with Crippen LogP contribution in [0.3, 0.4) is 0 Å². The van der Waals surface area contributed by atoms with Crippen molar-refractivity contribution < 1.29 is 14.3 Å².